The van der Waals surface area contributed by atoms with Crippen molar-refractivity contribution in [3.05, 3.63) is 59.7 Å². The third-order valence-corrected chi connectivity index (χ3v) is 4.74. The zero-order valence-electron chi connectivity index (χ0n) is 16.6. The normalized spacial score (nSPS) is 11.4. The fourth-order valence-electron chi connectivity index (χ4n) is 3.03. The molecule has 146 valence electrons. The lowest BCUT2D eigenvalue weighted by Gasteiger charge is -2.28. The van der Waals surface area contributed by atoms with Gasteiger partial charge >= 0.3 is 5.97 Å². The van der Waals surface area contributed by atoms with Crippen LogP contribution in [0.3, 0.4) is 0 Å². The maximum absolute atomic E-state index is 12.6. The molecule has 0 aromatic heterocycles. The third-order valence-electron chi connectivity index (χ3n) is 4.74. The summed E-state index contributed by atoms with van der Waals surface area (Å²) in [5, 5.41) is 9.28. The fourth-order valence-corrected chi connectivity index (χ4v) is 3.03. The number of nitrogens with zero attached hydrogens (tertiary/aromatic N) is 2. The zero-order chi connectivity index (χ0) is 20.5. The molecular formula is C23H26N2O3. The average Bonchev–Trinajstić information content (AvgIpc) is 2.75. The molecule has 0 radical (unpaired) electrons. The largest absolute Gasteiger partial charge is 0.467 e. The highest BCUT2D eigenvalue weighted by molar-refractivity contribution is 5.84. The van der Waals surface area contributed by atoms with Crippen molar-refractivity contribution in [2.75, 3.05) is 7.11 Å². The zero-order valence-corrected chi connectivity index (χ0v) is 16.6. The molecule has 0 heterocycles. The summed E-state index contributed by atoms with van der Waals surface area (Å²) in [6, 6.07) is 16.7. The van der Waals surface area contributed by atoms with Gasteiger partial charge in [-0.05, 0) is 36.1 Å². The van der Waals surface area contributed by atoms with Gasteiger partial charge in [-0.15, -0.1) is 0 Å². The summed E-state index contributed by atoms with van der Waals surface area (Å²) < 4.78 is 4.82. The van der Waals surface area contributed by atoms with Crippen LogP contribution in [0.15, 0.2) is 48.5 Å². The quantitative estimate of drug-likeness (QED) is 0.642. The van der Waals surface area contributed by atoms with E-state index in [4.69, 9.17) is 4.74 Å². The summed E-state index contributed by atoms with van der Waals surface area (Å²) in [5.74, 6) is -0.483. The van der Waals surface area contributed by atoms with E-state index < -0.39 is 12.0 Å². The second-order valence-electron chi connectivity index (χ2n) is 6.68. The van der Waals surface area contributed by atoms with Crippen molar-refractivity contribution in [3.63, 3.8) is 0 Å². The molecule has 0 saturated heterocycles. The molecular weight excluding hydrogens is 352 g/mol. The van der Waals surface area contributed by atoms with E-state index in [1.807, 2.05) is 49.4 Å². The fraction of sp³-hybridized carbons (Fsp3) is 0.348. The SMILES string of the molecule is CCCCC(=O)N(Cc1ccc(-c2ccccc2C#N)cc1)[C@H](C)C(=O)OC. The minimum absolute atomic E-state index is 0.0568. The smallest absolute Gasteiger partial charge is 0.328 e. The highest BCUT2D eigenvalue weighted by Crippen LogP contribution is 2.24. The average molecular weight is 378 g/mol. The topological polar surface area (TPSA) is 70.4 Å². The summed E-state index contributed by atoms with van der Waals surface area (Å²) >= 11 is 0. The first-order valence-corrected chi connectivity index (χ1v) is 9.47. The van der Waals surface area contributed by atoms with Gasteiger partial charge < -0.3 is 9.64 Å². The van der Waals surface area contributed by atoms with E-state index in [1.165, 1.54) is 7.11 Å². The Bertz CT molecular complexity index is 853. The van der Waals surface area contributed by atoms with Gasteiger partial charge in [-0.25, -0.2) is 4.79 Å². The lowest BCUT2D eigenvalue weighted by molar-refractivity contribution is -0.152. The number of hydrogen-bond donors (Lipinski definition) is 0. The number of methoxy groups -OCH3 is 1. The number of carbonyl (C=O) groups is 2. The lowest BCUT2D eigenvalue weighted by atomic mass is 9.99. The predicted molar refractivity (Wildman–Crippen MR) is 108 cm³/mol. The number of esters is 1. The summed E-state index contributed by atoms with van der Waals surface area (Å²) in [6.45, 7) is 4.05. The monoisotopic (exact) mass is 378 g/mol. The van der Waals surface area contributed by atoms with E-state index in [0.717, 1.165) is 29.5 Å². The molecule has 2 rings (SSSR count). The Balaban J connectivity index is 2.23. The van der Waals surface area contributed by atoms with Crippen LogP contribution in [-0.4, -0.2) is 29.9 Å². The van der Waals surface area contributed by atoms with Crippen molar-refractivity contribution in [2.24, 2.45) is 0 Å². The van der Waals surface area contributed by atoms with Gasteiger partial charge in [0.15, 0.2) is 0 Å². The summed E-state index contributed by atoms with van der Waals surface area (Å²) in [4.78, 5) is 26.2. The summed E-state index contributed by atoms with van der Waals surface area (Å²) in [5.41, 5.74) is 3.34. The summed E-state index contributed by atoms with van der Waals surface area (Å²) in [6.07, 6.45) is 2.11. The predicted octanol–water partition coefficient (Wildman–Crippen LogP) is 4.31. The highest BCUT2D eigenvalue weighted by Gasteiger charge is 2.26. The first kappa shape index (κ1) is 21.2. The number of benzene rings is 2. The molecule has 28 heavy (non-hydrogen) atoms. The molecule has 5 nitrogen and oxygen atoms in total. The molecule has 0 aliphatic rings. The Morgan fingerprint density at radius 2 is 1.82 bits per heavy atom. The second kappa shape index (κ2) is 10.3. The lowest BCUT2D eigenvalue weighted by Crippen LogP contribution is -2.43. The van der Waals surface area contributed by atoms with Crippen LogP contribution in [-0.2, 0) is 20.9 Å². The van der Waals surface area contributed by atoms with Crippen LogP contribution in [0.1, 0.15) is 44.2 Å². The van der Waals surface area contributed by atoms with Crippen LogP contribution in [0.4, 0.5) is 0 Å². The number of hydrogen-bond acceptors (Lipinski definition) is 4. The number of ether oxygens (including phenoxy) is 1. The van der Waals surface area contributed by atoms with Gasteiger partial charge in [-0.3, -0.25) is 4.79 Å². The van der Waals surface area contributed by atoms with Crippen LogP contribution < -0.4 is 0 Å². The maximum atomic E-state index is 12.6. The van der Waals surface area contributed by atoms with E-state index in [2.05, 4.69) is 6.07 Å². The van der Waals surface area contributed by atoms with Gasteiger partial charge in [0.25, 0.3) is 0 Å². The molecule has 0 fully saturated rings. The van der Waals surface area contributed by atoms with Crippen molar-refractivity contribution >= 4 is 11.9 Å². The van der Waals surface area contributed by atoms with Crippen LogP contribution in [0.25, 0.3) is 11.1 Å². The van der Waals surface area contributed by atoms with E-state index in [9.17, 15) is 14.9 Å². The number of amides is 1. The van der Waals surface area contributed by atoms with Crippen LogP contribution in [0.5, 0.6) is 0 Å². The Kier molecular flexibility index (Phi) is 7.76. The Morgan fingerprint density at radius 3 is 2.43 bits per heavy atom. The molecule has 1 atom stereocenters. The Labute approximate surface area is 166 Å². The Morgan fingerprint density at radius 1 is 1.14 bits per heavy atom. The van der Waals surface area contributed by atoms with E-state index >= 15 is 0 Å². The van der Waals surface area contributed by atoms with Gasteiger partial charge in [0.1, 0.15) is 6.04 Å². The first-order chi connectivity index (χ1) is 13.5. The minimum atomic E-state index is -0.645. The number of rotatable bonds is 8. The van der Waals surface area contributed by atoms with Gasteiger partial charge in [-0.1, -0.05) is 55.8 Å². The number of carbonyl (C=O) groups excluding carboxylic acids is 2. The number of nitriles is 1. The molecule has 0 aliphatic carbocycles. The van der Waals surface area contributed by atoms with E-state index in [1.54, 1.807) is 17.9 Å². The van der Waals surface area contributed by atoms with E-state index in [-0.39, 0.29) is 5.91 Å². The summed E-state index contributed by atoms with van der Waals surface area (Å²) in [7, 11) is 1.33. The van der Waals surface area contributed by atoms with Crippen molar-refractivity contribution in [1.29, 1.82) is 5.26 Å². The van der Waals surface area contributed by atoms with Crippen LogP contribution in [0, 0.1) is 11.3 Å². The van der Waals surface area contributed by atoms with Crippen molar-refractivity contribution in [3.8, 4) is 17.2 Å². The molecule has 0 N–H and O–H groups in total. The van der Waals surface area contributed by atoms with Gasteiger partial charge in [-0.2, -0.15) is 5.26 Å². The molecule has 2 aromatic carbocycles. The molecule has 0 spiro atoms. The maximum Gasteiger partial charge on any atom is 0.328 e. The standard InChI is InChI=1S/C23H26N2O3/c1-4-5-10-22(26)25(17(2)23(27)28-3)16-18-11-13-19(14-12-18)21-9-7-6-8-20(21)15-24/h6-9,11-14,17H,4-5,10,16H2,1-3H3/t17-/m1/s1. The molecule has 2 aromatic rings. The molecule has 1 amide bonds. The minimum Gasteiger partial charge on any atom is -0.467 e. The van der Waals surface area contributed by atoms with Gasteiger partial charge in [0.05, 0.1) is 18.7 Å². The molecule has 0 aliphatic heterocycles. The first-order valence-electron chi connectivity index (χ1n) is 9.47. The van der Waals surface area contributed by atoms with Crippen molar-refractivity contribution in [1.82, 2.24) is 4.90 Å². The number of unbranched alkanes of at least 4 members (excludes halogenated alkanes) is 1. The van der Waals surface area contributed by atoms with Gasteiger partial charge in [0, 0.05) is 13.0 Å². The van der Waals surface area contributed by atoms with Crippen LogP contribution in [0.2, 0.25) is 0 Å². The van der Waals surface area contributed by atoms with Crippen molar-refractivity contribution < 1.29 is 14.3 Å². The highest BCUT2D eigenvalue weighted by atomic mass is 16.5. The molecule has 0 bridgehead atoms. The van der Waals surface area contributed by atoms with E-state index in [0.29, 0.717) is 18.5 Å². The molecule has 0 saturated carbocycles. The second-order valence-corrected chi connectivity index (χ2v) is 6.68. The Hall–Kier alpha value is -3.13. The van der Waals surface area contributed by atoms with Gasteiger partial charge in [0.2, 0.25) is 5.91 Å². The molecule has 5 heteroatoms. The van der Waals surface area contributed by atoms with Crippen LogP contribution >= 0.6 is 0 Å². The third kappa shape index (κ3) is 5.20. The molecule has 0 unspecified atom stereocenters. The van der Waals surface area contributed by atoms with Crippen molar-refractivity contribution in [2.45, 2.75) is 45.7 Å².